The lowest BCUT2D eigenvalue weighted by Crippen LogP contribution is -2.48. The zero-order valence-electron chi connectivity index (χ0n) is 16.2. The van der Waals surface area contributed by atoms with Gasteiger partial charge in [0.15, 0.2) is 0 Å². The van der Waals surface area contributed by atoms with Crippen molar-refractivity contribution in [3.63, 3.8) is 0 Å². The third kappa shape index (κ3) is 5.60. The molecule has 12 heteroatoms. The second kappa shape index (κ2) is 9.16. The molecule has 0 atom stereocenters. The van der Waals surface area contributed by atoms with E-state index in [0.717, 1.165) is 30.9 Å². The molecule has 166 valence electrons. The average Bonchev–Trinajstić information content (AvgIpc) is 3.37. The van der Waals surface area contributed by atoms with Crippen molar-refractivity contribution in [1.82, 2.24) is 20.3 Å². The second-order valence-electron chi connectivity index (χ2n) is 6.92. The number of carbonyl (C=O) groups excluding carboxylic acids is 2. The van der Waals surface area contributed by atoms with E-state index in [1.165, 1.54) is 0 Å². The maximum Gasteiger partial charge on any atom is 0.490 e. The quantitative estimate of drug-likeness (QED) is 0.743. The van der Waals surface area contributed by atoms with E-state index in [1.54, 1.807) is 12.3 Å². The van der Waals surface area contributed by atoms with Gasteiger partial charge in [-0.1, -0.05) is 11.2 Å². The predicted octanol–water partition coefficient (Wildman–Crippen LogP) is 1.51. The first-order valence-electron chi connectivity index (χ1n) is 9.27. The summed E-state index contributed by atoms with van der Waals surface area (Å²) < 4.78 is 36.6. The number of nitrogens with one attached hydrogen (secondary N) is 1. The van der Waals surface area contributed by atoms with Gasteiger partial charge in [-0.25, -0.2) is 4.79 Å². The topological polar surface area (TPSA) is 116 Å². The Morgan fingerprint density at radius 3 is 2.42 bits per heavy atom. The summed E-state index contributed by atoms with van der Waals surface area (Å²) in [6.07, 6.45) is -3.51. The molecule has 9 nitrogen and oxygen atoms in total. The van der Waals surface area contributed by atoms with Gasteiger partial charge < -0.3 is 19.8 Å². The van der Waals surface area contributed by atoms with E-state index in [4.69, 9.17) is 14.4 Å². The fourth-order valence-corrected chi connectivity index (χ4v) is 3.19. The lowest BCUT2D eigenvalue weighted by molar-refractivity contribution is -0.192. The number of aliphatic carboxylic acids is 1. The van der Waals surface area contributed by atoms with Crippen LogP contribution in [0.1, 0.15) is 32.0 Å². The first-order valence-corrected chi connectivity index (χ1v) is 9.27. The molecule has 4 rings (SSSR count). The Morgan fingerprint density at radius 1 is 1.16 bits per heavy atom. The van der Waals surface area contributed by atoms with Gasteiger partial charge in [-0.15, -0.1) is 0 Å². The van der Waals surface area contributed by atoms with Gasteiger partial charge in [0.2, 0.25) is 0 Å². The molecule has 3 heterocycles. The van der Waals surface area contributed by atoms with Crippen molar-refractivity contribution in [2.75, 3.05) is 26.2 Å². The molecular formula is C19H19F3N4O5. The normalized spacial score (nSPS) is 16.2. The van der Waals surface area contributed by atoms with Crippen LogP contribution in [0.15, 0.2) is 35.1 Å². The molecule has 2 amide bonds. The summed E-state index contributed by atoms with van der Waals surface area (Å²) in [6, 6.07) is 7.24. The number of nitrogens with zero attached hydrogens (tertiary/aromatic N) is 3. The molecular weight excluding hydrogens is 421 g/mol. The molecule has 0 bridgehead atoms. The summed E-state index contributed by atoms with van der Waals surface area (Å²) in [5.41, 5.74) is 3.05. The van der Waals surface area contributed by atoms with Crippen LogP contribution in [-0.2, 0) is 17.9 Å². The molecule has 2 aromatic rings. The number of hydrogen-bond donors (Lipinski definition) is 2. The summed E-state index contributed by atoms with van der Waals surface area (Å²) >= 11 is 0. The van der Waals surface area contributed by atoms with E-state index in [2.05, 4.69) is 15.4 Å². The monoisotopic (exact) mass is 440 g/mol. The summed E-state index contributed by atoms with van der Waals surface area (Å²) in [6.45, 7) is 4.20. The van der Waals surface area contributed by atoms with Crippen molar-refractivity contribution in [1.29, 1.82) is 0 Å². The third-order valence-corrected chi connectivity index (χ3v) is 4.82. The Hall–Kier alpha value is -3.41. The fourth-order valence-electron chi connectivity index (χ4n) is 3.19. The molecule has 1 aromatic carbocycles. The number of fused-ring (bicyclic) bond motifs is 1. The number of carbonyl (C=O) groups is 3. The first kappa shape index (κ1) is 22.3. The smallest absolute Gasteiger partial charge is 0.475 e. The molecule has 2 aliphatic heterocycles. The zero-order valence-corrected chi connectivity index (χ0v) is 16.2. The SMILES string of the molecule is O=C(O)C(F)(F)F.O=C1NCc2ccc(C(=O)N3CCN(Cc4ccon4)CC3)cc21. The minimum Gasteiger partial charge on any atom is -0.475 e. The van der Waals surface area contributed by atoms with Gasteiger partial charge in [0.05, 0.1) is 5.69 Å². The Bertz CT molecular complexity index is 954. The number of benzene rings is 1. The number of hydrogen-bond acceptors (Lipinski definition) is 6. The van der Waals surface area contributed by atoms with Crippen molar-refractivity contribution in [3.05, 3.63) is 52.9 Å². The Balaban J connectivity index is 0.000000339. The molecule has 31 heavy (non-hydrogen) atoms. The first-order chi connectivity index (χ1) is 14.6. The van der Waals surface area contributed by atoms with Crippen LogP contribution in [0.4, 0.5) is 13.2 Å². The Morgan fingerprint density at radius 2 is 1.84 bits per heavy atom. The number of rotatable bonds is 3. The molecule has 2 N–H and O–H groups in total. The largest absolute Gasteiger partial charge is 0.490 e. The molecule has 1 fully saturated rings. The van der Waals surface area contributed by atoms with Crippen molar-refractivity contribution >= 4 is 17.8 Å². The highest BCUT2D eigenvalue weighted by atomic mass is 19.4. The summed E-state index contributed by atoms with van der Waals surface area (Å²) in [7, 11) is 0. The number of piperazine rings is 1. The van der Waals surface area contributed by atoms with Crippen molar-refractivity contribution in [2.24, 2.45) is 0 Å². The standard InChI is InChI=1S/C17H18N4O3.C2HF3O2/c22-16-15-9-12(1-2-13(15)10-18-16)17(23)21-6-4-20(5-7-21)11-14-3-8-24-19-14;3-2(4,5)1(6)7/h1-3,8-9H,4-7,10-11H2,(H,18,22);(H,6,7). The highest BCUT2D eigenvalue weighted by molar-refractivity contribution is 6.02. The van der Waals surface area contributed by atoms with Crippen molar-refractivity contribution in [2.45, 2.75) is 19.3 Å². The van der Waals surface area contributed by atoms with Crippen molar-refractivity contribution in [3.8, 4) is 0 Å². The second-order valence-corrected chi connectivity index (χ2v) is 6.92. The van der Waals surface area contributed by atoms with E-state index in [0.29, 0.717) is 30.8 Å². The van der Waals surface area contributed by atoms with Crippen LogP contribution in [0.25, 0.3) is 0 Å². The highest BCUT2D eigenvalue weighted by Crippen LogP contribution is 2.19. The lowest BCUT2D eigenvalue weighted by Gasteiger charge is -2.34. The van der Waals surface area contributed by atoms with Crippen LogP contribution in [0, 0.1) is 0 Å². The van der Waals surface area contributed by atoms with Crippen LogP contribution < -0.4 is 5.32 Å². The van der Waals surface area contributed by atoms with E-state index in [-0.39, 0.29) is 11.8 Å². The van der Waals surface area contributed by atoms with Crippen LogP contribution in [0.5, 0.6) is 0 Å². The highest BCUT2D eigenvalue weighted by Gasteiger charge is 2.38. The summed E-state index contributed by atoms with van der Waals surface area (Å²) in [5, 5.41) is 13.8. The van der Waals surface area contributed by atoms with Gasteiger partial charge in [0.1, 0.15) is 6.26 Å². The molecule has 0 radical (unpaired) electrons. The van der Waals surface area contributed by atoms with E-state index >= 15 is 0 Å². The molecule has 1 aromatic heterocycles. The Kier molecular flexibility index (Phi) is 6.59. The van der Waals surface area contributed by atoms with Crippen LogP contribution in [0.3, 0.4) is 0 Å². The van der Waals surface area contributed by atoms with Gasteiger partial charge in [-0.2, -0.15) is 13.2 Å². The minimum atomic E-state index is -5.08. The number of aromatic nitrogens is 1. The van der Waals surface area contributed by atoms with Gasteiger partial charge in [-0.3, -0.25) is 14.5 Å². The number of carboxylic acid groups (broad SMARTS) is 1. The molecule has 0 spiro atoms. The fraction of sp³-hybridized carbons (Fsp3) is 0.368. The van der Waals surface area contributed by atoms with Crippen LogP contribution in [-0.4, -0.2) is 70.2 Å². The Labute approximate surface area is 174 Å². The summed E-state index contributed by atoms with van der Waals surface area (Å²) in [4.78, 5) is 37.4. The number of amides is 2. The molecule has 0 saturated carbocycles. The maximum atomic E-state index is 12.7. The van der Waals surface area contributed by atoms with Crippen LogP contribution >= 0.6 is 0 Å². The molecule has 2 aliphatic rings. The maximum absolute atomic E-state index is 12.7. The number of halogens is 3. The van der Waals surface area contributed by atoms with Gasteiger partial charge >= 0.3 is 12.1 Å². The van der Waals surface area contributed by atoms with E-state index in [1.807, 2.05) is 23.1 Å². The van der Waals surface area contributed by atoms with E-state index < -0.39 is 12.1 Å². The number of alkyl halides is 3. The molecule has 1 saturated heterocycles. The molecule has 0 aliphatic carbocycles. The number of carboxylic acids is 1. The van der Waals surface area contributed by atoms with Crippen LogP contribution in [0.2, 0.25) is 0 Å². The lowest BCUT2D eigenvalue weighted by atomic mass is 10.0. The van der Waals surface area contributed by atoms with E-state index in [9.17, 15) is 22.8 Å². The average molecular weight is 440 g/mol. The van der Waals surface area contributed by atoms with Crippen molar-refractivity contribution < 1.29 is 37.2 Å². The van der Waals surface area contributed by atoms with Gasteiger partial charge in [0.25, 0.3) is 11.8 Å². The van der Waals surface area contributed by atoms with Gasteiger partial charge in [-0.05, 0) is 17.7 Å². The predicted molar refractivity (Wildman–Crippen MR) is 99.0 cm³/mol. The minimum absolute atomic E-state index is 0.0152. The summed E-state index contributed by atoms with van der Waals surface area (Å²) in [5.74, 6) is -2.87. The zero-order chi connectivity index (χ0) is 22.6. The molecule has 0 unspecified atom stereocenters. The third-order valence-electron chi connectivity index (χ3n) is 4.82. The van der Waals surface area contributed by atoms with Gasteiger partial charge in [0, 0.05) is 56.5 Å².